The molecule has 2 aliphatic rings. The summed E-state index contributed by atoms with van der Waals surface area (Å²) in [6.45, 7) is 3.91. The summed E-state index contributed by atoms with van der Waals surface area (Å²) >= 11 is 0. The molecule has 1 atom stereocenters. The molecule has 1 saturated carbocycles. The van der Waals surface area contributed by atoms with Gasteiger partial charge in [-0.15, -0.1) is 0 Å². The fourth-order valence-electron chi connectivity index (χ4n) is 4.64. The lowest BCUT2D eigenvalue weighted by Gasteiger charge is -2.29. The minimum absolute atomic E-state index is 0.475. The van der Waals surface area contributed by atoms with Crippen molar-refractivity contribution in [2.24, 2.45) is 12.5 Å². The Morgan fingerprint density at radius 1 is 1.21 bits per heavy atom. The Kier molecular flexibility index (Phi) is 4.53. The third kappa shape index (κ3) is 3.38. The average Bonchev–Trinajstić information content (AvgIpc) is 3.06. The van der Waals surface area contributed by atoms with Crippen molar-refractivity contribution in [2.75, 3.05) is 13.1 Å². The van der Waals surface area contributed by atoms with Crippen LogP contribution in [0.15, 0.2) is 53.3 Å². The third-order valence-corrected chi connectivity index (χ3v) is 6.43. The van der Waals surface area contributed by atoms with Crippen molar-refractivity contribution in [3.63, 3.8) is 0 Å². The first-order chi connectivity index (χ1) is 13.7. The zero-order valence-electron chi connectivity index (χ0n) is 16.3. The Labute approximate surface area is 165 Å². The van der Waals surface area contributed by atoms with Gasteiger partial charge in [-0.3, -0.25) is 4.90 Å². The van der Waals surface area contributed by atoms with E-state index in [9.17, 15) is 0 Å². The zero-order chi connectivity index (χ0) is 19.0. The van der Waals surface area contributed by atoms with E-state index in [1.54, 1.807) is 0 Å². The van der Waals surface area contributed by atoms with E-state index < -0.39 is 0 Å². The molecule has 146 valence electrons. The first-order valence-corrected chi connectivity index (χ1v) is 10.2. The van der Waals surface area contributed by atoms with Crippen molar-refractivity contribution >= 4 is 0 Å². The van der Waals surface area contributed by atoms with Gasteiger partial charge in [-0.1, -0.05) is 35.5 Å². The molecule has 1 spiro atoms. The molecule has 1 aromatic carbocycles. The quantitative estimate of drug-likeness (QED) is 0.715. The van der Waals surface area contributed by atoms with E-state index >= 15 is 0 Å². The first-order valence-electron chi connectivity index (χ1n) is 10.2. The topological polar surface area (TPSA) is 59.1 Å². The van der Waals surface area contributed by atoms with E-state index in [1.807, 2.05) is 30.6 Å². The summed E-state index contributed by atoms with van der Waals surface area (Å²) in [4.78, 5) is 7.11. The summed E-state index contributed by atoms with van der Waals surface area (Å²) < 4.78 is 7.75. The molecule has 5 rings (SSSR count). The zero-order valence-corrected chi connectivity index (χ0v) is 16.3. The van der Waals surface area contributed by atoms with Crippen LogP contribution in [-0.2, 0) is 20.1 Å². The predicted molar refractivity (Wildman–Crippen MR) is 107 cm³/mol. The van der Waals surface area contributed by atoms with E-state index in [2.05, 4.69) is 50.2 Å². The highest BCUT2D eigenvalue weighted by molar-refractivity contribution is 5.56. The van der Waals surface area contributed by atoms with E-state index in [-0.39, 0.29) is 0 Å². The molecule has 2 fully saturated rings. The number of hydrogen-bond acceptors (Lipinski definition) is 5. The monoisotopic (exact) mass is 377 g/mol. The molecule has 1 aliphatic heterocycles. The lowest BCUT2D eigenvalue weighted by Crippen LogP contribution is -2.36. The van der Waals surface area contributed by atoms with Crippen LogP contribution in [0.5, 0.6) is 0 Å². The standard InChI is InChI=1S/C22H27N5O/c1-26-12-11-24-21(26)16-27(20-14-22(20)7-9-23-10-8-22)15-18-13-19(28-25-18)17-5-3-2-4-6-17/h2-6,11-13,20,23H,7-10,14-16H2,1H3. The van der Waals surface area contributed by atoms with E-state index in [1.165, 1.54) is 19.3 Å². The number of aromatic nitrogens is 3. The van der Waals surface area contributed by atoms with Gasteiger partial charge in [0.05, 0.1) is 12.2 Å². The SMILES string of the molecule is Cn1ccnc1CN(Cc1cc(-c2ccccc2)on1)C1CC12CCNCC2. The van der Waals surface area contributed by atoms with Crippen molar-refractivity contribution in [1.82, 2.24) is 24.9 Å². The molecular weight excluding hydrogens is 350 g/mol. The summed E-state index contributed by atoms with van der Waals surface area (Å²) in [7, 11) is 2.07. The molecule has 3 aromatic rings. The van der Waals surface area contributed by atoms with E-state index in [4.69, 9.17) is 4.52 Å². The molecule has 0 bridgehead atoms. The molecule has 6 heteroatoms. The van der Waals surface area contributed by atoms with Crippen LogP contribution in [0.1, 0.15) is 30.8 Å². The van der Waals surface area contributed by atoms with Crippen LogP contribution < -0.4 is 5.32 Å². The normalized spacial score (nSPS) is 20.7. The molecule has 28 heavy (non-hydrogen) atoms. The summed E-state index contributed by atoms with van der Waals surface area (Å²) in [6, 6.07) is 12.9. The fraction of sp³-hybridized carbons (Fsp3) is 0.455. The Morgan fingerprint density at radius 3 is 2.79 bits per heavy atom. The van der Waals surface area contributed by atoms with Gasteiger partial charge in [0.1, 0.15) is 5.82 Å². The molecule has 1 aliphatic carbocycles. The lowest BCUT2D eigenvalue weighted by molar-refractivity contribution is 0.178. The molecule has 0 amide bonds. The highest BCUT2D eigenvalue weighted by Gasteiger charge is 2.56. The maximum absolute atomic E-state index is 5.64. The Hall–Kier alpha value is -2.44. The first kappa shape index (κ1) is 17.6. The van der Waals surface area contributed by atoms with Crippen LogP contribution >= 0.6 is 0 Å². The summed E-state index contributed by atoms with van der Waals surface area (Å²) in [5.41, 5.74) is 2.53. The second-order valence-corrected chi connectivity index (χ2v) is 8.24. The Balaban J connectivity index is 1.36. The molecule has 3 heterocycles. The van der Waals surface area contributed by atoms with Crippen molar-refractivity contribution < 1.29 is 4.52 Å². The number of rotatable bonds is 6. The van der Waals surface area contributed by atoms with Crippen LogP contribution in [0.4, 0.5) is 0 Å². The van der Waals surface area contributed by atoms with Crippen molar-refractivity contribution in [3.8, 4) is 11.3 Å². The number of benzene rings is 1. The average molecular weight is 377 g/mol. The third-order valence-electron chi connectivity index (χ3n) is 6.43. The van der Waals surface area contributed by atoms with Crippen molar-refractivity contribution in [3.05, 3.63) is 60.3 Å². The minimum Gasteiger partial charge on any atom is -0.356 e. The van der Waals surface area contributed by atoms with Gasteiger partial charge in [0.2, 0.25) is 0 Å². The van der Waals surface area contributed by atoms with Gasteiger partial charge in [0, 0.05) is 43.7 Å². The van der Waals surface area contributed by atoms with Crippen molar-refractivity contribution in [2.45, 2.75) is 38.4 Å². The number of imidazole rings is 1. The van der Waals surface area contributed by atoms with E-state index in [0.717, 1.165) is 49.0 Å². The van der Waals surface area contributed by atoms with Crippen LogP contribution in [0.25, 0.3) is 11.3 Å². The molecule has 6 nitrogen and oxygen atoms in total. The summed E-state index contributed by atoms with van der Waals surface area (Å²) in [5.74, 6) is 1.93. The Morgan fingerprint density at radius 2 is 2.04 bits per heavy atom. The fourth-order valence-corrected chi connectivity index (χ4v) is 4.64. The van der Waals surface area contributed by atoms with Gasteiger partial charge in [-0.2, -0.15) is 0 Å². The number of aryl methyl sites for hydroxylation is 1. The molecular formula is C22H27N5O. The number of hydrogen-bond donors (Lipinski definition) is 1. The largest absolute Gasteiger partial charge is 0.356 e. The second kappa shape index (κ2) is 7.18. The van der Waals surface area contributed by atoms with Gasteiger partial charge in [0.15, 0.2) is 5.76 Å². The van der Waals surface area contributed by atoms with Crippen LogP contribution in [0.3, 0.4) is 0 Å². The van der Waals surface area contributed by atoms with Gasteiger partial charge in [-0.25, -0.2) is 4.98 Å². The predicted octanol–water partition coefficient (Wildman–Crippen LogP) is 3.22. The van der Waals surface area contributed by atoms with Crippen LogP contribution in [-0.4, -0.2) is 38.7 Å². The van der Waals surface area contributed by atoms with Gasteiger partial charge < -0.3 is 14.4 Å². The second-order valence-electron chi connectivity index (χ2n) is 8.24. The minimum atomic E-state index is 0.475. The van der Waals surface area contributed by atoms with E-state index in [0.29, 0.717) is 11.5 Å². The number of piperidine rings is 1. The van der Waals surface area contributed by atoms with Gasteiger partial charge >= 0.3 is 0 Å². The molecule has 1 unspecified atom stereocenters. The maximum Gasteiger partial charge on any atom is 0.167 e. The smallest absolute Gasteiger partial charge is 0.167 e. The highest BCUT2D eigenvalue weighted by atomic mass is 16.5. The van der Waals surface area contributed by atoms with Crippen LogP contribution in [0.2, 0.25) is 0 Å². The Bertz CT molecular complexity index is 925. The molecule has 0 radical (unpaired) electrons. The molecule has 1 N–H and O–H groups in total. The maximum atomic E-state index is 5.64. The lowest BCUT2D eigenvalue weighted by atomic mass is 9.93. The van der Waals surface area contributed by atoms with Gasteiger partial charge in [0.25, 0.3) is 0 Å². The van der Waals surface area contributed by atoms with Crippen molar-refractivity contribution in [1.29, 1.82) is 0 Å². The number of nitrogens with zero attached hydrogens (tertiary/aromatic N) is 4. The molecule has 1 saturated heterocycles. The molecule has 2 aromatic heterocycles. The van der Waals surface area contributed by atoms with Gasteiger partial charge in [-0.05, 0) is 37.8 Å². The van der Waals surface area contributed by atoms with Crippen LogP contribution in [0, 0.1) is 5.41 Å². The summed E-state index contributed by atoms with van der Waals surface area (Å²) in [6.07, 6.45) is 7.71. The summed E-state index contributed by atoms with van der Waals surface area (Å²) in [5, 5.41) is 7.87. The highest BCUT2D eigenvalue weighted by Crippen LogP contribution is 2.56. The number of nitrogens with one attached hydrogen (secondary N) is 1.